The number of rotatable bonds is 9. The fourth-order valence-electron chi connectivity index (χ4n) is 3.18. The fourth-order valence-corrected chi connectivity index (χ4v) is 3.18. The van der Waals surface area contributed by atoms with Gasteiger partial charge in [-0.15, -0.1) is 0 Å². The van der Waals surface area contributed by atoms with Gasteiger partial charge in [0.25, 0.3) is 0 Å². The molecule has 146 valence electrons. The number of allylic oxidation sites excluding steroid dienone is 1. The lowest BCUT2D eigenvalue weighted by atomic mass is 9.80. The highest BCUT2D eigenvalue weighted by Gasteiger charge is 2.31. The van der Waals surface area contributed by atoms with Crippen LogP contribution in [0.5, 0.6) is 17.2 Å². The first kappa shape index (κ1) is 22.4. The zero-order valence-corrected chi connectivity index (χ0v) is 18.2. The lowest BCUT2D eigenvalue weighted by Gasteiger charge is -2.29. The van der Waals surface area contributed by atoms with Crippen LogP contribution in [0, 0.1) is 18.4 Å². The quantitative estimate of drug-likeness (QED) is 0.514. The molecule has 0 fully saturated rings. The van der Waals surface area contributed by atoms with Gasteiger partial charge in [-0.25, -0.2) is 0 Å². The normalized spacial score (nSPS) is 11.6. The Labute approximate surface area is 160 Å². The Morgan fingerprint density at radius 2 is 1.23 bits per heavy atom. The third-order valence-corrected chi connectivity index (χ3v) is 4.41. The lowest BCUT2D eigenvalue weighted by molar-refractivity contribution is 0.247. The highest BCUT2D eigenvalue weighted by Crippen LogP contribution is 2.52. The van der Waals surface area contributed by atoms with Crippen molar-refractivity contribution >= 4 is 5.57 Å². The zero-order valence-electron chi connectivity index (χ0n) is 18.2. The van der Waals surface area contributed by atoms with Crippen LogP contribution < -0.4 is 14.2 Å². The first-order chi connectivity index (χ1) is 12.1. The Hall–Kier alpha value is -1.64. The number of benzene rings is 1. The molecule has 0 aliphatic heterocycles. The van der Waals surface area contributed by atoms with E-state index < -0.39 is 0 Å². The molecule has 0 aromatic heterocycles. The van der Waals surface area contributed by atoms with Gasteiger partial charge in [0.2, 0.25) is 5.75 Å². The van der Waals surface area contributed by atoms with E-state index in [4.69, 9.17) is 20.8 Å². The molecule has 3 heteroatoms. The van der Waals surface area contributed by atoms with Crippen LogP contribution in [0.1, 0.15) is 83.9 Å². The van der Waals surface area contributed by atoms with Gasteiger partial charge in [0, 0.05) is 11.1 Å². The molecule has 0 aliphatic carbocycles. The molecular weight excluding hydrogens is 324 g/mol. The minimum absolute atomic E-state index is 0.112. The van der Waals surface area contributed by atoms with Crippen molar-refractivity contribution in [3.05, 3.63) is 23.3 Å². The van der Waals surface area contributed by atoms with Crippen LogP contribution in [0.4, 0.5) is 0 Å². The summed E-state index contributed by atoms with van der Waals surface area (Å²) in [7, 11) is 3.32. The molecule has 0 saturated heterocycles. The van der Waals surface area contributed by atoms with Crippen molar-refractivity contribution in [2.24, 2.45) is 11.8 Å². The summed E-state index contributed by atoms with van der Waals surface area (Å²) in [4.78, 5) is 0. The van der Waals surface area contributed by atoms with Gasteiger partial charge in [-0.2, -0.15) is 0 Å². The average Bonchev–Trinajstić information content (AvgIpc) is 2.56. The SMILES string of the molecule is [C]=C(c1c(C(C)C)c(OC)c(OC)c(OCC(C)C)c1C(C)C)C(C)C. The third-order valence-electron chi connectivity index (χ3n) is 4.41. The zero-order chi connectivity index (χ0) is 20.2. The van der Waals surface area contributed by atoms with E-state index in [1.54, 1.807) is 14.2 Å². The number of hydrogen-bond acceptors (Lipinski definition) is 3. The third kappa shape index (κ3) is 4.55. The standard InChI is InChI=1S/C23H36O3/c1-13(2)12-26-22-19(16(7)8)20(17(9)14(3)4)18(15(5)6)21(24-10)23(22)25-11/h13-16H,12H2,1-8,10-11H3. The van der Waals surface area contributed by atoms with Crippen molar-refractivity contribution in [3.8, 4) is 17.2 Å². The maximum atomic E-state index is 8.81. The van der Waals surface area contributed by atoms with E-state index in [2.05, 4.69) is 55.4 Å². The van der Waals surface area contributed by atoms with Gasteiger partial charge in [-0.3, -0.25) is 0 Å². The minimum Gasteiger partial charge on any atom is -0.492 e. The molecule has 0 spiro atoms. The summed E-state index contributed by atoms with van der Waals surface area (Å²) in [6.07, 6.45) is 0. The van der Waals surface area contributed by atoms with Gasteiger partial charge in [0.1, 0.15) is 0 Å². The molecule has 26 heavy (non-hydrogen) atoms. The van der Waals surface area contributed by atoms with Crippen LogP contribution in [0.25, 0.3) is 5.57 Å². The van der Waals surface area contributed by atoms with Crippen LogP contribution in [-0.2, 0) is 0 Å². The topological polar surface area (TPSA) is 27.7 Å². The molecule has 0 N–H and O–H groups in total. The lowest BCUT2D eigenvalue weighted by Crippen LogP contribution is -2.14. The van der Waals surface area contributed by atoms with Gasteiger partial charge in [-0.1, -0.05) is 55.4 Å². The molecule has 0 heterocycles. The highest BCUT2D eigenvalue weighted by molar-refractivity contribution is 5.79. The van der Waals surface area contributed by atoms with Crippen molar-refractivity contribution in [3.63, 3.8) is 0 Å². The van der Waals surface area contributed by atoms with Gasteiger partial charge < -0.3 is 14.2 Å². The monoisotopic (exact) mass is 360 g/mol. The largest absolute Gasteiger partial charge is 0.492 e. The second-order valence-corrected chi connectivity index (χ2v) is 8.18. The second-order valence-electron chi connectivity index (χ2n) is 8.18. The van der Waals surface area contributed by atoms with E-state index in [1.165, 1.54) is 0 Å². The van der Waals surface area contributed by atoms with Crippen molar-refractivity contribution in [2.45, 2.75) is 67.2 Å². The van der Waals surface area contributed by atoms with Gasteiger partial charge in [0.05, 0.1) is 20.8 Å². The highest BCUT2D eigenvalue weighted by atomic mass is 16.5. The second kappa shape index (κ2) is 9.34. The molecule has 0 atom stereocenters. The first-order valence-electron chi connectivity index (χ1n) is 9.61. The minimum atomic E-state index is 0.112. The Balaban J connectivity index is 3.99. The van der Waals surface area contributed by atoms with Crippen LogP contribution in [-0.4, -0.2) is 20.8 Å². The first-order valence-corrected chi connectivity index (χ1v) is 9.61. The predicted molar refractivity (Wildman–Crippen MR) is 110 cm³/mol. The van der Waals surface area contributed by atoms with E-state index in [9.17, 15) is 0 Å². The average molecular weight is 361 g/mol. The smallest absolute Gasteiger partial charge is 0.203 e. The van der Waals surface area contributed by atoms with E-state index in [0.717, 1.165) is 22.4 Å². The van der Waals surface area contributed by atoms with E-state index in [1.807, 2.05) is 0 Å². The maximum Gasteiger partial charge on any atom is 0.203 e. The molecule has 0 saturated carbocycles. The molecule has 0 aliphatic rings. The Morgan fingerprint density at radius 1 is 0.769 bits per heavy atom. The summed E-state index contributed by atoms with van der Waals surface area (Å²) in [6.45, 7) is 26.3. The molecule has 1 rings (SSSR count). The molecule has 3 nitrogen and oxygen atoms in total. The molecule has 0 bridgehead atoms. The summed E-state index contributed by atoms with van der Waals surface area (Å²) in [5, 5.41) is 0. The Bertz CT molecular complexity index is 625. The van der Waals surface area contributed by atoms with Crippen molar-refractivity contribution in [1.82, 2.24) is 0 Å². The fraction of sp³-hybridized carbons (Fsp3) is 0.652. The molecule has 1 aromatic carbocycles. The van der Waals surface area contributed by atoms with Gasteiger partial charge in [0.15, 0.2) is 11.5 Å². The Kier molecular flexibility index (Phi) is 8.05. The van der Waals surface area contributed by atoms with Gasteiger partial charge in [-0.05, 0) is 41.4 Å². The Morgan fingerprint density at radius 3 is 1.58 bits per heavy atom. The summed E-state index contributed by atoms with van der Waals surface area (Å²) in [6, 6.07) is 0. The molecule has 0 unspecified atom stereocenters. The summed E-state index contributed by atoms with van der Waals surface area (Å²) >= 11 is 0. The number of ether oxygens (including phenoxy) is 3. The van der Waals surface area contributed by atoms with E-state index >= 15 is 0 Å². The van der Waals surface area contributed by atoms with E-state index in [-0.39, 0.29) is 17.8 Å². The van der Waals surface area contributed by atoms with Crippen LogP contribution in [0.2, 0.25) is 0 Å². The van der Waals surface area contributed by atoms with E-state index in [0.29, 0.717) is 29.6 Å². The molecule has 2 radical (unpaired) electrons. The van der Waals surface area contributed by atoms with Crippen LogP contribution >= 0.6 is 0 Å². The summed E-state index contributed by atoms with van der Waals surface area (Å²) in [5.41, 5.74) is 3.66. The van der Waals surface area contributed by atoms with Crippen LogP contribution in [0.15, 0.2) is 0 Å². The molecular formula is C23H36O3. The predicted octanol–water partition coefficient (Wildman–Crippen LogP) is 6.33. The number of hydrogen-bond donors (Lipinski definition) is 0. The van der Waals surface area contributed by atoms with Crippen molar-refractivity contribution in [1.29, 1.82) is 0 Å². The van der Waals surface area contributed by atoms with Crippen molar-refractivity contribution in [2.75, 3.05) is 20.8 Å². The summed E-state index contributed by atoms with van der Waals surface area (Å²) in [5.74, 6) is 2.95. The molecule has 0 amide bonds. The van der Waals surface area contributed by atoms with Crippen LogP contribution in [0.3, 0.4) is 0 Å². The maximum absolute atomic E-state index is 8.81. The summed E-state index contributed by atoms with van der Waals surface area (Å²) < 4.78 is 17.8. The number of methoxy groups -OCH3 is 2. The van der Waals surface area contributed by atoms with Crippen molar-refractivity contribution < 1.29 is 14.2 Å². The van der Waals surface area contributed by atoms with Gasteiger partial charge >= 0.3 is 0 Å². The molecule has 1 aromatic rings.